The highest BCUT2D eigenvalue weighted by atomic mass is 35.5. The van der Waals surface area contributed by atoms with E-state index >= 15 is 0 Å². The summed E-state index contributed by atoms with van der Waals surface area (Å²) in [6.45, 7) is 2.38. The third-order valence-corrected chi connectivity index (χ3v) is 3.34. The van der Waals surface area contributed by atoms with Gasteiger partial charge in [0.2, 0.25) is 0 Å². The molecular weight excluding hydrogens is 332 g/mol. The third kappa shape index (κ3) is 5.54. The molecule has 0 aliphatic carbocycles. The average molecular weight is 349 g/mol. The van der Waals surface area contributed by atoms with Gasteiger partial charge in [-0.3, -0.25) is 0 Å². The quantitative estimate of drug-likeness (QED) is 0.605. The molecule has 4 nitrogen and oxygen atoms in total. The number of halogens is 1. The fraction of sp³-hybridized carbons (Fsp3) is 0.176. The fourth-order valence-electron chi connectivity index (χ4n) is 1.83. The number of ether oxygens (including phenoxy) is 1. The van der Waals surface area contributed by atoms with E-state index in [-0.39, 0.29) is 5.97 Å². The van der Waals surface area contributed by atoms with Crippen molar-refractivity contribution in [2.24, 2.45) is 0 Å². The smallest absolute Gasteiger partial charge is 0.338 e. The molecule has 0 saturated carbocycles. The second kappa shape index (κ2) is 8.50. The zero-order valence-corrected chi connectivity index (χ0v) is 14.2. The van der Waals surface area contributed by atoms with Gasteiger partial charge in [-0.2, -0.15) is 0 Å². The first-order valence-electron chi connectivity index (χ1n) is 7.19. The summed E-state index contributed by atoms with van der Waals surface area (Å²) in [6.07, 6.45) is 0.800. The van der Waals surface area contributed by atoms with Gasteiger partial charge in [-0.15, -0.1) is 0 Å². The van der Waals surface area contributed by atoms with Crippen molar-refractivity contribution in [3.63, 3.8) is 0 Å². The number of carbonyl (C=O) groups is 1. The van der Waals surface area contributed by atoms with Gasteiger partial charge >= 0.3 is 5.97 Å². The van der Waals surface area contributed by atoms with Crippen molar-refractivity contribution in [3.05, 3.63) is 59.1 Å². The van der Waals surface area contributed by atoms with E-state index in [0.29, 0.717) is 22.3 Å². The number of carbonyl (C=O) groups excluding carboxylic acids is 1. The number of nitrogens with one attached hydrogen (secondary N) is 2. The summed E-state index contributed by atoms with van der Waals surface area (Å²) in [6, 6.07) is 14.2. The molecule has 0 heterocycles. The maximum Gasteiger partial charge on any atom is 0.338 e. The van der Waals surface area contributed by atoms with Crippen molar-refractivity contribution in [2.75, 3.05) is 17.2 Å². The van der Waals surface area contributed by atoms with Gasteiger partial charge in [0.1, 0.15) is 0 Å². The number of esters is 1. The van der Waals surface area contributed by atoms with Crippen LogP contribution in [0, 0.1) is 0 Å². The number of hydrogen-bond acceptors (Lipinski definition) is 3. The van der Waals surface area contributed by atoms with Crippen molar-refractivity contribution in [3.8, 4) is 0 Å². The molecule has 0 aliphatic heterocycles. The van der Waals surface area contributed by atoms with E-state index in [0.717, 1.165) is 17.8 Å². The SMILES string of the molecule is CCCOC(=O)c1ccc(NC(=S)Nc2cccc(Cl)c2)cc1. The van der Waals surface area contributed by atoms with Gasteiger partial charge in [-0.25, -0.2) is 4.79 Å². The molecule has 0 radical (unpaired) electrons. The summed E-state index contributed by atoms with van der Waals surface area (Å²) in [7, 11) is 0. The monoisotopic (exact) mass is 348 g/mol. The normalized spacial score (nSPS) is 10.0. The molecule has 0 unspecified atom stereocenters. The predicted molar refractivity (Wildman–Crippen MR) is 98.3 cm³/mol. The zero-order valence-electron chi connectivity index (χ0n) is 12.6. The first-order valence-corrected chi connectivity index (χ1v) is 7.98. The van der Waals surface area contributed by atoms with E-state index in [9.17, 15) is 4.79 Å². The second-order valence-corrected chi connectivity index (χ2v) is 5.65. The van der Waals surface area contributed by atoms with Gasteiger partial charge in [0.15, 0.2) is 5.11 Å². The minimum absolute atomic E-state index is 0.321. The van der Waals surface area contributed by atoms with Gasteiger partial charge in [0.25, 0.3) is 0 Å². The van der Waals surface area contributed by atoms with Crippen LogP contribution in [0.25, 0.3) is 0 Å². The molecule has 120 valence electrons. The second-order valence-electron chi connectivity index (χ2n) is 4.80. The Morgan fingerprint density at radius 1 is 1.13 bits per heavy atom. The van der Waals surface area contributed by atoms with Crippen LogP contribution in [0.3, 0.4) is 0 Å². The summed E-state index contributed by atoms with van der Waals surface area (Å²) < 4.78 is 5.08. The molecule has 23 heavy (non-hydrogen) atoms. The first kappa shape index (κ1) is 17.2. The number of thiocarbonyl (C=S) groups is 1. The Balaban J connectivity index is 1.92. The summed E-state index contributed by atoms with van der Waals surface area (Å²) >= 11 is 11.2. The molecule has 6 heteroatoms. The van der Waals surface area contributed by atoms with Crippen LogP contribution in [0.2, 0.25) is 5.02 Å². The topological polar surface area (TPSA) is 50.4 Å². The van der Waals surface area contributed by atoms with Crippen molar-refractivity contribution < 1.29 is 9.53 Å². The highest BCUT2D eigenvalue weighted by Gasteiger charge is 2.06. The summed E-state index contributed by atoms with van der Waals surface area (Å²) in [5.74, 6) is -0.321. The molecule has 0 spiro atoms. The lowest BCUT2D eigenvalue weighted by Crippen LogP contribution is -2.19. The van der Waals surface area contributed by atoms with Crippen LogP contribution in [-0.2, 0) is 4.74 Å². The zero-order chi connectivity index (χ0) is 16.7. The van der Waals surface area contributed by atoms with Crippen LogP contribution in [0.4, 0.5) is 11.4 Å². The minimum atomic E-state index is -0.321. The Kier molecular flexibility index (Phi) is 6.38. The Morgan fingerprint density at radius 2 is 1.83 bits per heavy atom. The Hall–Kier alpha value is -2.11. The largest absolute Gasteiger partial charge is 0.462 e. The molecule has 0 saturated heterocycles. The van der Waals surface area contributed by atoms with E-state index in [1.54, 1.807) is 36.4 Å². The van der Waals surface area contributed by atoms with Gasteiger partial charge in [-0.05, 0) is 61.1 Å². The fourth-order valence-corrected chi connectivity index (χ4v) is 2.25. The highest BCUT2D eigenvalue weighted by Crippen LogP contribution is 2.16. The van der Waals surface area contributed by atoms with Gasteiger partial charge < -0.3 is 15.4 Å². The predicted octanol–water partition coefficient (Wildman–Crippen LogP) is 4.72. The molecule has 0 bridgehead atoms. The highest BCUT2D eigenvalue weighted by molar-refractivity contribution is 7.80. The van der Waals surface area contributed by atoms with Crippen molar-refractivity contribution in [1.82, 2.24) is 0 Å². The van der Waals surface area contributed by atoms with E-state index in [1.807, 2.05) is 19.1 Å². The van der Waals surface area contributed by atoms with E-state index in [4.69, 9.17) is 28.6 Å². The lowest BCUT2D eigenvalue weighted by Gasteiger charge is -2.11. The average Bonchev–Trinajstić information content (AvgIpc) is 2.53. The molecule has 2 aromatic rings. The van der Waals surface area contributed by atoms with Crippen LogP contribution in [0.1, 0.15) is 23.7 Å². The van der Waals surface area contributed by atoms with E-state index in [1.165, 1.54) is 0 Å². The van der Waals surface area contributed by atoms with Crippen LogP contribution in [0.15, 0.2) is 48.5 Å². The number of hydrogen-bond donors (Lipinski definition) is 2. The Labute approximate surface area is 145 Å². The molecule has 0 aliphatic rings. The lowest BCUT2D eigenvalue weighted by atomic mass is 10.2. The van der Waals surface area contributed by atoms with Crippen LogP contribution >= 0.6 is 23.8 Å². The van der Waals surface area contributed by atoms with Crippen molar-refractivity contribution >= 4 is 46.3 Å². The van der Waals surface area contributed by atoms with Gasteiger partial charge in [0, 0.05) is 16.4 Å². The molecule has 0 amide bonds. The third-order valence-electron chi connectivity index (χ3n) is 2.90. The van der Waals surface area contributed by atoms with Crippen LogP contribution in [0.5, 0.6) is 0 Å². The molecule has 2 rings (SSSR count). The number of anilines is 2. The first-order chi connectivity index (χ1) is 11.1. The van der Waals surface area contributed by atoms with Crippen molar-refractivity contribution in [2.45, 2.75) is 13.3 Å². The van der Waals surface area contributed by atoms with E-state index < -0.39 is 0 Å². The molecule has 2 N–H and O–H groups in total. The Morgan fingerprint density at radius 3 is 2.48 bits per heavy atom. The summed E-state index contributed by atoms with van der Waals surface area (Å²) in [5.41, 5.74) is 2.09. The number of rotatable bonds is 5. The van der Waals surface area contributed by atoms with Gasteiger partial charge in [-0.1, -0.05) is 24.6 Å². The van der Waals surface area contributed by atoms with E-state index in [2.05, 4.69) is 10.6 Å². The molecule has 0 aromatic heterocycles. The molecule has 2 aromatic carbocycles. The Bertz CT molecular complexity index is 689. The van der Waals surface area contributed by atoms with Crippen LogP contribution < -0.4 is 10.6 Å². The molecule has 0 fully saturated rings. The van der Waals surface area contributed by atoms with Crippen LogP contribution in [-0.4, -0.2) is 17.7 Å². The maximum atomic E-state index is 11.7. The number of benzene rings is 2. The molecular formula is C17H17ClN2O2S. The molecule has 0 atom stereocenters. The summed E-state index contributed by atoms with van der Waals surface area (Å²) in [4.78, 5) is 11.7. The lowest BCUT2D eigenvalue weighted by molar-refractivity contribution is 0.0505. The summed E-state index contributed by atoms with van der Waals surface area (Å²) in [5, 5.41) is 7.16. The van der Waals surface area contributed by atoms with Crippen molar-refractivity contribution in [1.29, 1.82) is 0 Å². The van der Waals surface area contributed by atoms with Gasteiger partial charge in [0.05, 0.1) is 12.2 Å². The standard InChI is InChI=1S/C17H17ClN2O2S/c1-2-10-22-16(21)12-6-8-14(9-7-12)19-17(23)20-15-5-3-4-13(18)11-15/h3-9,11H,2,10H2,1H3,(H2,19,20,23). The minimum Gasteiger partial charge on any atom is -0.462 e. The maximum absolute atomic E-state index is 11.7.